The van der Waals surface area contributed by atoms with Crippen LogP contribution in [0.1, 0.15) is 11.3 Å². The molecule has 1 N–H and O–H groups in total. The number of aromatic nitrogens is 2. The molecule has 6 heteroatoms. The second-order valence-electron chi connectivity index (χ2n) is 4.21. The molecule has 0 amide bonds. The Bertz CT molecular complexity index is 533. The van der Waals surface area contributed by atoms with Crippen LogP contribution in [0.2, 0.25) is 0 Å². The van der Waals surface area contributed by atoms with E-state index in [9.17, 15) is 0 Å². The van der Waals surface area contributed by atoms with Gasteiger partial charge in [-0.3, -0.25) is 0 Å². The third-order valence-electron chi connectivity index (χ3n) is 2.90. The molecule has 0 spiro atoms. The first kappa shape index (κ1) is 13.7. The molecule has 0 radical (unpaired) electrons. The van der Waals surface area contributed by atoms with Crippen molar-refractivity contribution in [3.8, 4) is 0 Å². The molecule has 2 aromatic heterocycles. The van der Waals surface area contributed by atoms with Crippen LogP contribution in [0.3, 0.4) is 0 Å². The molecule has 0 bridgehead atoms. The maximum atomic E-state index is 5.32. The Kier molecular flexibility index (Phi) is 4.31. The van der Waals surface area contributed by atoms with Crippen LogP contribution in [-0.2, 0) is 6.54 Å². The number of anilines is 2. The van der Waals surface area contributed by atoms with Crippen molar-refractivity contribution in [2.24, 2.45) is 0 Å². The zero-order chi connectivity index (χ0) is 13.8. The van der Waals surface area contributed by atoms with Crippen molar-refractivity contribution in [3.05, 3.63) is 29.7 Å². The summed E-state index contributed by atoms with van der Waals surface area (Å²) in [6.45, 7) is 2.73. The average molecular weight is 278 g/mol. The highest BCUT2D eigenvalue weighted by Crippen LogP contribution is 2.21. The first-order valence-electron chi connectivity index (χ1n) is 5.99. The van der Waals surface area contributed by atoms with Crippen LogP contribution in [0.15, 0.2) is 28.0 Å². The van der Waals surface area contributed by atoms with Gasteiger partial charge in [0.05, 0.1) is 6.26 Å². The van der Waals surface area contributed by atoms with Crippen molar-refractivity contribution in [2.45, 2.75) is 18.6 Å². The van der Waals surface area contributed by atoms with Gasteiger partial charge < -0.3 is 14.6 Å². The van der Waals surface area contributed by atoms with Crippen molar-refractivity contribution < 1.29 is 4.42 Å². The van der Waals surface area contributed by atoms with Crippen molar-refractivity contribution in [1.29, 1.82) is 0 Å². The van der Waals surface area contributed by atoms with Crippen LogP contribution < -0.4 is 10.2 Å². The molecule has 2 heterocycles. The minimum atomic E-state index is 0.760. The minimum Gasteiger partial charge on any atom is -0.469 e. The number of hydrogen-bond donors (Lipinski definition) is 1. The van der Waals surface area contributed by atoms with Gasteiger partial charge in [-0.05, 0) is 19.2 Å². The highest BCUT2D eigenvalue weighted by Gasteiger charge is 2.10. The second-order valence-corrected chi connectivity index (χ2v) is 4.98. The zero-order valence-electron chi connectivity index (χ0n) is 11.6. The molecule has 2 rings (SSSR count). The van der Waals surface area contributed by atoms with Crippen molar-refractivity contribution in [2.75, 3.05) is 30.6 Å². The number of hydrogen-bond acceptors (Lipinski definition) is 6. The van der Waals surface area contributed by atoms with Crippen LogP contribution in [0.25, 0.3) is 0 Å². The number of aryl methyl sites for hydroxylation is 1. The number of nitrogens with zero attached hydrogens (tertiary/aromatic N) is 3. The predicted molar refractivity (Wildman–Crippen MR) is 78.9 cm³/mol. The number of furan rings is 1. The lowest BCUT2D eigenvalue weighted by Crippen LogP contribution is -2.18. The minimum absolute atomic E-state index is 0.760. The van der Waals surface area contributed by atoms with E-state index in [0.29, 0.717) is 0 Å². The molecule has 0 unspecified atom stereocenters. The smallest absolute Gasteiger partial charge is 0.191 e. The molecule has 0 atom stereocenters. The Balaban J connectivity index is 2.23. The van der Waals surface area contributed by atoms with Gasteiger partial charge in [-0.2, -0.15) is 0 Å². The van der Waals surface area contributed by atoms with E-state index in [4.69, 9.17) is 4.42 Å². The van der Waals surface area contributed by atoms with Crippen molar-refractivity contribution >= 4 is 23.4 Å². The number of nitrogens with one attached hydrogen (secondary N) is 1. The third-order valence-corrected chi connectivity index (χ3v) is 3.44. The summed E-state index contributed by atoms with van der Waals surface area (Å²) in [5.74, 6) is 2.66. The van der Waals surface area contributed by atoms with Crippen LogP contribution in [-0.4, -0.2) is 30.3 Å². The molecule has 0 aliphatic carbocycles. The Morgan fingerprint density at radius 1 is 1.42 bits per heavy atom. The van der Waals surface area contributed by atoms with Gasteiger partial charge in [0.2, 0.25) is 0 Å². The van der Waals surface area contributed by atoms with Gasteiger partial charge >= 0.3 is 0 Å². The lowest BCUT2D eigenvalue weighted by Gasteiger charge is -2.19. The largest absolute Gasteiger partial charge is 0.469 e. The molecular weight excluding hydrogens is 260 g/mol. The van der Waals surface area contributed by atoms with E-state index < -0.39 is 0 Å². The molecule has 0 saturated heterocycles. The van der Waals surface area contributed by atoms with Crippen LogP contribution >= 0.6 is 11.8 Å². The lowest BCUT2D eigenvalue weighted by atomic mass is 10.2. The van der Waals surface area contributed by atoms with Gasteiger partial charge in [-0.15, -0.1) is 0 Å². The molecular formula is C13H18N4OS. The zero-order valence-corrected chi connectivity index (χ0v) is 12.4. The summed E-state index contributed by atoms with van der Waals surface area (Å²) in [7, 11) is 3.87. The van der Waals surface area contributed by atoms with Crippen LogP contribution in [0, 0.1) is 6.92 Å². The van der Waals surface area contributed by atoms with Crippen molar-refractivity contribution in [3.63, 3.8) is 0 Å². The van der Waals surface area contributed by atoms with Gasteiger partial charge in [0.25, 0.3) is 0 Å². The molecule has 5 nitrogen and oxygen atoms in total. The first-order valence-corrected chi connectivity index (χ1v) is 7.21. The second kappa shape index (κ2) is 5.97. The summed E-state index contributed by atoms with van der Waals surface area (Å²) in [5.41, 5.74) is 1.16. The Labute approximate surface area is 117 Å². The number of rotatable bonds is 5. The summed E-state index contributed by atoms with van der Waals surface area (Å²) < 4.78 is 5.32. The van der Waals surface area contributed by atoms with E-state index in [-0.39, 0.29) is 0 Å². The highest BCUT2D eigenvalue weighted by molar-refractivity contribution is 7.98. The van der Waals surface area contributed by atoms with E-state index in [1.807, 2.05) is 39.4 Å². The van der Waals surface area contributed by atoms with Gasteiger partial charge in [-0.1, -0.05) is 11.8 Å². The van der Waals surface area contributed by atoms with Gasteiger partial charge in [0.1, 0.15) is 17.4 Å². The molecule has 2 aromatic rings. The monoisotopic (exact) mass is 278 g/mol. The maximum absolute atomic E-state index is 5.32. The number of thioether (sulfide) groups is 1. The van der Waals surface area contributed by atoms with Crippen LogP contribution in [0.4, 0.5) is 11.6 Å². The molecule has 0 aromatic carbocycles. The Morgan fingerprint density at radius 2 is 2.21 bits per heavy atom. The summed E-state index contributed by atoms with van der Waals surface area (Å²) in [4.78, 5) is 11.0. The SMILES string of the molecule is CNc1cc(N(C)Cc2ccoc2C)nc(SC)n1. The fourth-order valence-electron chi connectivity index (χ4n) is 1.74. The summed E-state index contributed by atoms with van der Waals surface area (Å²) >= 11 is 1.53. The van der Waals surface area contributed by atoms with Gasteiger partial charge in [0.15, 0.2) is 5.16 Å². The molecule has 102 valence electrons. The quantitative estimate of drug-likeness (QED) is 0.670. The Morgan fingerprint density at radius 3 is 2.79 bits per heavy atom. The first-order chi connectivity index (χ1) is 9.13. The topological polar surface area (TPSA) is 54.2 Å². The van der Waals surface area contributed by atoms with Gasteiger partial charge in [0, 0.05) is 32.3 Å². The van der Waals surface area contributed by atoms with Crippen molar-refractivity contribution in [1.82, 2.24) is 9.97 Å². The standard InChI is InChI=1S/C13H18N4OS/c1-9-10(5-6-18-9)8-17(3)12-7-11(14-2)15-13(16-12)19-4/h5-7H,8H2,1-4H3,(H,14,15,16). The van der Waals surface area contributed by atoms with E-state index in [0.717, 1.165) is 34.7 Å². The average Bonchev–Trinajstić information content (AvgIpc) is 2.83. The molecule has 19 heavy (non-hydrogen) atoms. The molecule has 0 saturated carbocycles. The van der Waals surface area contributed by atoms with Gasteiger partial charge in [-0.25, -0.2) is 9.97 Å². The normalized spacial score (nSPS) is 10.5. The summed E-state index contributed by atoms with van der Waals surface area (Å²) in [5, 5.41) is 3.82. The summed E-state index contributed by atoms with van der Waals surface area (Å²) in [6, 6.07) is 3.93. The van der Waals surface area contributed by atoms with E-state index in [2.05, 4.69) is 20.2 Å². The fourth-order valence-corrected chi connectivity index (χ4v) is 2.11. The van der Waals surface area contributed by atoms with E-state index in [1.165, 1.54) is 11.8 Å². The molecule has 0 fully saturated rings. The lowest BCUT2D eigenvalue weighted by molar-refractivity contribution is 0.529. The molecule has 0 aliphatic heterocycles. The third kappa shape index (κ3) is 3.20. The Hall–Kier alpha value is -1.69. The maximum Gasteiger partial charge on any atom is 0.191 e. The highest BCUT2D eigenvalue weighted by atomic mass is 32.2. The fraction of sp³-hybridized carbons (Fsp3) is 0.385. The predicted octanol–water partition coefficient (Wildman–Crippen LogP) is 2.78. The van der Waals surface area contributed by atoms with E-state index >= 15 is 0 Å². The summed E-state index contributed by atoms with van der Waals surface area (Å²) in [6.07, 6.45) is 3.68. The van der Waals surface area contributed by atoms with Crippen LogP contribution in [0.5, 0.6) is 0 Å². The molecule has 0 aliphatic rings. The van der Waals surface area contributed by atoms with E-state index in [1.54, 1.807) is 6.26 Å².